The second-order valence-electron chi connectivity index (χ2n) is 3.99. The third kappa shape index (κ3) is 5.13. The Hall–Kier alpha value is -1.82. The van der Waals surface area contributed by atoms with Crippen LogP contribution in [0.4, 0.5) is 0 Å². The summed E-state index contributed by atoms with van der Waals surface area (Å²) in [6.07, 6.45) is 2.35. The van der Waals surface area contributed by atoms with Crippen LogP contribution in [0.15, 0.2) is 35.3 Å². The number of nitrogens with zero attached hydrogens (tertiary/aromatic N) is 2. The van der Waals surface area contributed by atoms with Gasteiger partial charge in [-0.1, -0.05) is 0 Å². The van der Waals surface area contributed by atoms with Gasteiger partial charge >= 0.3 is 112 Å². The molecule has 6 heteroatoms. The van der Waals surface area contributed by atoms with Gasteiger partial charge in [0, 0.05) is 0 Å². The summed E-state index contributed by atoms with van der Waals surface area (Å²) in [5, 5.41) is 1.12. The first-order chi connectivity index (χ1) is 9.19. The molecule has 0 fully saturated rings. The summed E-state index contributed by atoms with van der Waals surface area (Å²) in [7, 11) is 3.50. The van der Waals surface area contributed by atoms with Crippen LogP contribution < -0.4 is 0 Å². The minimum atomic E-state index is -0.602. The van der Waals surface area contributed by atoms with Crippen LogP contribution in [-0.2, 0) is 20.8 Å². The van der Waals surface area contributed by atoms with Crippen molar-refractivity contribution in [2.75, 3.05) is 14.2 Å². The van der Waals surface area contributed by atoms with Gasteiger partial charge < -0.3 is 0 Å². The Labute approximate surface area is 113 Å². The van der Waals surface area contributed by atoms with Crippen molar-refractivity contribution in [1.82, 2.24) is 5.06 Å². The van der Waals surface area contributed by atoms with Crippen LogP contribution in [0.25, 0.3) is 0 Å². The molecule has 0 spiro atoms. The average molecular weight is 260 g/mol. The Morgan fingerprint density at radius 1 is 1.47 bits per heavy atom. The van der Waals surface area contributed by atoms with Crippen molar-refractivity contribution in [3.63, 3.8) is 0 Å². The van der Waals surface area contributed by atoms with Gasteiger partial charge in [0.1, 0.15) is 0 Å². The van der Waals surface area contributed by atoms with Crippen LogP contribution in [-0.4, -0.2) is 44.4 Å². The summed E-state index contributed by atoms with van der Waals surface area (Å²) < 4.78 is 10.3. The van der Waals surface area contributed by atoms with E-state index in [-0.39, 0.29) is 5.91 Å². The molecule has 0 radical (unpaired) electrons. The van der Waals surface area contributed by atoms with Gasteiger partial charge in [0.05, 0.1) is 0 Å². The van der Waals surface area contributed by atoms with Crippen molar-refractivity contribution in [2.24, 2.45) is 4.99 Å². The Morgan fingerprint density at radius 3 is 2.74 bits per heavy atom. The summed E-state index contributed by atoms with van der Waals surface area (Å²) in [4.78, 5) is 20.8. The van der Waals surface area contributed by atoms with Crippen LogP contribution in [0.3, 0.4) is 0 Å². The van der Waals surface area contributed by atoms with Gasteiger partial charge in [0.2, 0.25) is 0 Å². The molecule has 1 atom stereocenters. The number of likely N-dealkylation sites (N-methyl/N-ethyl adjacent to an activating group) is 1. The van der Waals surface area contributed by atoms with Crippen LogP contribution >= 0.6 is 0 Å². The normalized spacial score (nSPS) is 12.1. The number of hydrogen-bond donors (Lipinski definition) is 0. The summed E-state index contributed by atoms with van der Waals surface area (Å²) in [6, 6.07) is 9.21. The first-order valence-corrected chi connectivity index (χ1v) is 6.01. The molecule has 19 heavy (non-hydrogen) atoms. The van der Waals surface area contributed by atoms with E-state index in [1.807, 2.05) is 30.3 Å². The second-order valence-corrected chi connectivity index (χ2v) is 3.99. The van der Waals surface area contributed by atoms with Crippen molar-refractivity contribution in [2.45, 2.75) is 18.9 Å². The molecule has 1 aromatic carbocycles. The third-order valence-corrected chi connectivity index (χ3v) is 2.75. The third-order valence-electron chi connectivity index (χ3n) is 2.75. The van der Waals surface area contributed by atoms with E-state index in [1.165, 1.54) is 14.2 Å². The van der Waals surface area contributed by atoms with Gasteiger partial charge in [-0.3, -0.25) is 0 Å². The molecule has 0 saturated carbocycles. The van der Waals surface area contributed by atoms with Crippen LogP contribution in [0.5, 0.6) is 0 Å². The predicted molar refractivity (Wildman–Crippen MR) is 73.3 cm³/mol. The zero-order valence-electron chi connectivity index (χ0n) is 11.2. The number of amides is 1. The van der Waals surface area contributed by atoms with Gasteiger partial charge in [-0.05, 0) is 0 Å². The topological polar surface area (TPSA) is 59.0 Å². The standard InChI is InChI=1S/C13H17BN2O3/c1-16(19-2)13(17)12(15-10-14-18)9-8-11-6-4-3-5-7-11/h3-7,10,12H,8-9H2,1-2H3. The predicted octanol–water partition coefficient (Wildman–Crippen LogP) is 1.09. The molecule has 0 bridgehead atoms. The molecule has 0 heterocycles. The SMILES string of the molecule is CON(C)C(=O)C(CCc1ccccc1)N=CB=O. The number of rotatable bonds is 7. The van der Waals surface area contributed by atoms with Crippen LogP contribution in [0.1, 0.15) is 12.0 Å². The first kappa shape index (κ1) is 15.2. The number of hydrogen-bond acceptors (Lipinski definition) is 4. The van der Waals surface area contributed by atoms with Gasteiger partial charge in [-0.15, -0.1) is 0 Å². The summed E-state index contributed by atoms with van der Waals surface area (Å²) in [6.45, 7) is 0. The van der Waals surface area contributed by atoms with Crippen molar-refractivity contribution < 1.29 is 14.3 Å². The van der Waals surface area contributed by atoms with Gasteiger partial charge in [0.25, 0.3) is 0 Å². The Balaban J connectivity index is 2.67. The number of hydroxylamine groups is 2. The van der Waals surface area contributed by atoms with E-state index < -0.39 is 6.04 Å². The molecule has 0 N–H and O–H groups in total. The average Bonchev–Trinajstić information content (AvgIpc) is 2.47. The summed E-state index contributed by atoms with van der Waals surface area (Å²) >= 11 is 0. The van der Waals surface area contributed by atoms with Crippen molar-refractivity contribution in [1.29, 1.82) is 0 Å². The molecule has 1 amide bonds. The Kier molecular flexibility index (Phi) is 6.67. The van der Waals surface area contributed by atoms with E-state index in [4.69, 9.17) is 4.84 Å². The molecule has 0 aliphatic heterocycles. The fraction of sp³-hybridized carbons (Fsp3) is 0.385. The molecule has 5 nitrogen and oxygen atoms in total. The van der Waals surface area contributed by atoms with E-state index in [0.29, 0.717) is 20.0 Å². The molecule has 0 aromatic heterocycles. The molecule has 1 unspecified atom stereocenters. The molecule has 0 aliphatic carbocycles. The van der Waals surface area contributed by atoms with E-state index in [2.05, 4.69) is 4.99 Å². The number of aliphatic imine (C=N–C) groups is 1. The monoisotopic (exact) mass is 260 g/mol. The Bertz CT molecular complexity index is 437. The summed E-state index contributed by atoms with van der Waals surface area (Å²) in [5.74, 6) is -0.267. The number of carbonyl (C=O) groups excluding carboxylic acids is 1. The molecule has 0 saturated heterocycles. The van der Waals surface area contributed by atoms with Crippen LogP contribution in [0, 0.1) is 0 Å². The number of benzene rings is 1. The molecule has 100 valence electrons. The van der Waals surface area contributed by atoms with E-state index in [1.54, 1.807) is 0 Å². The fourth-order valence-electron chi connectivity index (χ4n) is 1.65. The van der Waals surface area contributed by atoms with E-state index in [9.17, 15) is 9.50 Å². The maximum atomic E-state index is 12.0. The number of carbonyl (C=O) groups is 1. The van der Waals surface area contributed by atoms with E-state index in [0.717, 1.165) is 16.7 Å². The second kappa shape index (κ2) is 8.32. The molecular weight excluding hydrogens is 243 g/mol. The maximum absolute atomic E-state index is 12.0. The van der Waals surface area contributed by atoms with E-state index >= 15 is 0 Å². The van der Waals surface area contributed by atoms with Gasteiger partial charge in [-0.25, -0.2) is 0 Å². The Morgan fingerprint density at radius 2 is 2.16 bits per heavy atom. The van der Waals surface area contributed by atoms with Crippen molar-refractivity contribution in [3.05, 3.63) is 35.9 Å². The zero-order chi connectivity index (χ0) is 14.1. The minimum absolute atomic E-state index is 0.267. The van der Waals surface area contributed by atoms with Gasteiger partial charge in [0.15, 0.2) is 0 Å². The van der Waals surface area contributed by atoms with Crippen LogP contribution in [0.2, 0.25) is 0 Å². The molecular formula is C13H17BN2O3. The quantitative estimate of drug-likeness (QED) is 0.419. The van der Waals surface area contributed by atoms with Crippen molar-refractivity contribution in [3.8, 4) is 0 Å². The van der Waals surface area contributed by atoms with Crippen molar-refractivity contribution >= 4 is 19.2 Å². The fourth-order valence-corrected chi connectivity index (χ4v) is 1.65. The molecule has 1 aromatic rings. The molecule has 0 aliphatic rings. The first-order valence-electron chi connectivity index (χ1n) is 6.01. The summed E-state index contributed by atoms with van der Waals surface area (Å²) in [5.41, 5.74) is 1.13. The zero-order valence-corrected chi connectivity index (χ0v) is 11.2. The molecule has 1 rings (SSSR count). The van der Waals surface area contributed by atoms with Gasteiger partial charge in [-0.2, -0.15) is 0 Å². The number of aryl methyl sites for hydroxylation is 1.